The van der Waals surface area contributed by atoms with E-state index in [-0.39, 0.29) is 24.3 Å². The fraction of sp³-hybridized carbons (Fsp3) is 0.286. The van der Waals surface area contributed by atoms with Crippen molar-refractivity contribution < 1.29 is 32.2 Å². The molecule has 0 saturated carbocycles. The van der Waals surface area contributed by atoms with Crippen molar-refractivity contribution in [3.05, 3.63) is 76.8 Å². The number of carbonyl (C=O) groups is 2. The highest BCUT2D eigenvalue weighted by atomic mass is 79.9. The predicted octanol–water partition coefficient (Wildman–Crippen LogP) is 4.43. The van der Waals surface area contributed by atoms with E-state index in [1.54, 1.807) is 54.6 Å². The molecular formula is C28H29BrN2O7S. The van der Waals surface area contributed by atoms with Crippen LogP contribution in [-0.2, 0) is 26.0 Å². The topological polar surface area (TPSA) is 102 Å². The second-order valence-electron chi connectivity index (χ2n) is 8.72. The number of rotatable bonds is 11. The molecule has 4 rings (SSSR count). The van der Waals surface area contributed by atoms with Crippen LogP contribution >= 0.6 is 15.9 Å². The maximum absolute atomic E-state index is 13.9. The van der Waals surface area contributed by atoms with Gasteiger partial charge in [-0.2, -0.15) is 4.31 Å². The second-order valence-corrected chi connectivity index (χ2v) is 11.5. The van der Waals surface area contributed by atoms with Crippen molar-refractivity contribution in [2.45, 2.75) is 30.7 Å². The molecule has 0 bridgehead atoms. The maximum Gasteiger partial charge on any atom is 0.252 e. The molecule has 0 radical (unpaired) electrons. The van der Waals surface area contributed by atoms with Crippen LogP contribution < -0.4 is 19.1 Å². The Kier molecular flexibility index (Phi) is 8.94. The van der Waals surface area contributed by atoms with Crippen LogP contribution in [0.15, 0.2) is 76.1 Å². The summed E-state index contributed by atoms with van der Waals surface area (Å²) in [7, 11) is -1.09. The van der Waals surface area contributed by atoms with Gasteiger partial charge in [0.15, 0.2) is 11.5 Å². The summed E-state index contributed by atoms with van der Waals surface area (Å²) in [5, 5.41) is 0. The number of hydrogen-bond acceptors (Lipinski definition) is 7. The van der Waals surface area contributed by atoms with E-state index in [0.29, 0.717) is 34.0 Å². The maximum atomic E-state index is 13.9. The molecule has 39 heavy (non-hydrogen) atoms. The van der Waals surface area contributed by atoms with Crippen molar-refractivity contribution >= 4 is 43.5 Å². The molecule has 206 valence electrons. The van der Waals surface area contributed by atoms with Crippen LogP contribution in [0.4, 0.5) is 5.69 Å². The minimum absolute atomic E-state index is 0.0257. The molecule has 1 atom stereocenters. The number of anilines is 1. The summed E-state index contributed by atoms with van der Waals surface area (Å²) in [5.74, 6) is 0.578. The van der Waals surface area contributed by atoms with Gasteiger partial charge in [0.25, 0.3) is 5.91 Å². The van der Waals surface area contributed by atoms with Crippen LogP contribution in [0, 0.1) is 0 Å². The number of halogens is 1. The van der Waals surface area contributed by atoms with E-state index in [4.69, 9.17) is 14.2 Å². The standard InChI is InChI=1S/C28H29BrN2O7S/c1-4-38-22-10-8-21(9-11-22)31-27(32)18-24(28(31)33)30(39(34,35)23-12-6-20(29)7-13-23)16-15-19-5-14-25(36-2)26(17-19)37-3/h5-14,17,24H,4,15-16,18H2,1-3H3. The highest BCUT2D eigenvalue weighted by molar-refractivity contribution is 9.10. The zero-order chi connectivity index (χ0) is 28.2. The molecule has 1 aliphatic heterocycles. The van der Waals surface area contributed by atoms with E-state index < -0.39 is 27.9 Å². The average molecular weight is 618 g/mol. The van der Waals surface area contributed by atoms with Gasteiger partial charge in [0.1, 0.15) is 11.8 Å². The van der Waals surface area contributed by atoms with Crippen LogP contribution in [0.2, 0.25) is 0 Å². The van der Waals surface area contributed by atoms with E-state index in [0.717, 1.165) is 14.8 Å². The van der Waals surface area contributed by atoms with E-state index in [2.05, 4.69) is 15.9 Å². The second kappa shape index (κ2) is 12.2. The minimum atomic E-state index is -4.14. The average Bonchev–Trinajstić information content (AvgIpc) is 3.22. The first-order valence-electron chi connectivity index (χ1n) is 12.3. The molecule has 0 spiro atoms. The highest BCUT2D eigenvalue weighted by Gasteiger charge is 2.46. The van der Waals surface area contributed by atoms with Crippen LogP contribution in [0.1, 0.15) is 18.9 Å². The van der Waals surface area contributed by atoms with E-state index >= 15 is 0 Å². The number of carbonyl (C=O) groups excluding carboxylic acids is 2. The Hall–Kier alpha value is -3.41. The van der Waals surface area contributed by atoms with Crippen LogP contribution in [0.3, 0.4) is 0 Å². The minimum Gasteiger partial charge on any atom is -0.494 e. The van der Waals surface area contributed by atoms with Crippen molar-refractivity contribution in [1.29, 1.82) is 0 Å². The molecule has 1 heterocycles. The Morgan fingerprint density at radius 1 is 0.949 bits per heavy atom. The number of methoxy groups -OCH3 is 2. The Bertz CT molecular complexity index is 1440. The number of imide groups is 1. The first-order valence-corrected chi connectivity index (χ1v) is 14.5. The molecule has 0 N–H and O–H groups in total. The monoisotopic (exact) mass is 616 g/mol. The van der Waals surface area contributed by atoms with Gasteiger partial charge < -0.3 is 14.2 Å². The SMILES string of the molecule is CCOc1ccc(N2C(=O)CC(N(CCc3ccc(OC)c(OC)c3)S(=O)(=O)c3ccc(Br)cc3)C2=O)cc1. The van der Waals surface area contributed by atoms with Gasteiger partial charge in [-0.25, -0.2) is 13.3 Å². The number of hydrogen-bond donors (Lipinski definition) is 0. The summed E-state index contributed by atoms with van der Waals surface area (Å²) in [6.45, 7) is 2.30. The molecule has 1 aliphatic rings. The lowest BCUT2D eigenvalue weighted by Gasteiger charge is -2.27. The van der Waals surface area contributed by atoms with Gasteiger partial charge in [0.2, 0.25) is 15.9 Å². The number of benzene rings is 3. The van der Waals surface area contributed by atoms with Crippen molar-refractivity contribution in [2.75, 3.05) is 32.3 Å². The van der Waals surface area contributed by atoms with Gasteiger partial charge in [-0.3, -0.25) is 9.59 Å². The van der Waals surface area contributed by atoms with Crippen molar-refractivity contribution in [1.82, 2.24) is 4.31 Å². The largest absolute Gasteiger partial charge is 0.494 e. The lowest BCUT2D eigenvalue weighted by Crippen LogP contribution is -2.46. The molecule has 3 aromatic carbocycles. The third-order valence-electron chi connectivity index (χ3n) is 6.37. The zero-order valence-corrected chi connectivity index (χ0v) is 24.2. The lowest BCUT2D eigenvalue weighted by molar-refractivity contribution is -0.122. The molecule has 1 unspecified atom stereocenters. The van der Waals surface area contributed by atoms with Gasteiger partial charge in [-0.1, -0.05) is 22.0 Å². The van der Waals surface area contributed by atoms with Crippen molar-refractivity contribution in [2.24, 2.45) is 0 Å². The summed E-state index contributed by atoms with van der Waals surface area (Å²) >= 11 is 3.32. The lowest BCUT2D eigenvalue weighted by atomic mass is 10.1. The Balaban J connectivity index is 1.67. The third-order valence-corrected chi connectivity index (χ3v) is 8.82. The zero-order valence-electron chi connectivity index (χ0n) is 21.8. The summed E-state index contributed by atoms with van der Waals surface area (Å²) in [6.07, 6.45) is 0.00483. The van der Waals surface area contributed by atoms with Crippen LogP contribution in [0.25, 0.3) is 0 Å². The fourth-order valence-electron chi connectivity index (χ4n) is 4.43. The molecule has 0 aliphatic carbocycles. The normalized spacial score (nSPS) is 15.6. The molecule has 1 saturated heterocycles. The summed E-state index contributed by atoms with van der Waals surface area (Å²) in [4.78, 5) is 27.8. The molecular weight excluding hydrogens is 588 g/mol. The highest BCUT2D eigenvalue weighted by Crippen LogP contribution is 2.32. The van der Waals surface area contributed by atoms with Gasteiger partial charge in [-0.05, 0) is 79.6 Å². The first kappa shape index (κ1) is 28.6. The Morgan fingerprint density at radius 2 is 1.62 bits per heavy atom. The predicted molar refractivity (Wildman–Crippen MR) is 150 cm³/mol. The number of ether oxygens (including phenoxy) is 3. The van der Waals surface area contributed by atoms with Crippen LogP contribution in [-0.4, -0.2) is 58.0 Å². The molecule has 9 nitrogen and oxygen atoms in total. The smallest absolute Gasteiger partial charge is 0.252 e. The number of amides is 2. The molecule has 0 aromatic heterocycles. The van der Waals surface area contributed by atoms with Crippen LogP contribution in [0.5, 0.6) is 17.2 Å². The third kappa shape index (κ3) is 6.10. The van der Waals surface area contributed by atoms with Gasteiger partial charge in [0.05, 0.1) is 37.8 Å². The number of nitrogens with zero attached hydrogens (tertiary/aromatic N) is 2. The van der Waals surface area contributed by atoms with Gasteiger partial charge >= 0.3 is 0 Å². The quantitative estimate of drug-likeness (QED) is 0.294. The van der Waals surface area contributed by atoms with E-state index in [9.17, 15) is 18.0 Å². The molecule has 11 heteroatoms. The summed E-state index contributed by atoms with van der Waals surface area (Å²) in [5.41, 5.74) is 1.14. The summed E-state index contributed by atoms with van der Waals surface area (Å²) in [6, 6.07) is 16.8. The van der Waals surface area contributed by atoms with Crippen molar-refractivity contribution in [3.63, 3.8) is 0 Å². The Labute approximate surface area is 236 Å². The molecule has 1 fully saturated rings. The summed E-state index contributed by atoms with van der Waals surface area (Å²) < 4.78 is 45.7. The van der Waals surface area contributed by atoms with E-state index in [1.165, 1.54) is 26.4 Å². The van der Waals surface area contributed by atoms with E-state index in [1.807, 2.05) is 6.92 Å². The Morgan fingerprint density at radius 3 is 2.23 bits per heavy atom. The van der Waals surface area contributed by atoms with Gasteiger partial charge in [0, 0.05) is 11.0 Å². The van der Waals surface area contributed by atoms with Gasteiger partial charge in [-0.15, -0.1) is 0 Å². The number of sulfonamides is 1. The van der Waals surface area contributed by atoms with Crippen molar-refractivity contribution in [3.8, 4) is 17.2 Å². The molecule has 2 amide bonds. The first-order chi connectivity index (χ1) is 18.7. The molecule has 3 aromatic rings. The fourth-order valence-corrected chi connectivity index (χ4v) is 6.28.